The van der Waals surface area contributed by atoms with Crippen LogP contribution in [0.3, 0.4) is 0 Å². The molecule has 1 heterocycles. The van der Waals surface area contributed by atoms with E-state index in [1.807, 2.05) is 31.2 Å². The Labute approximate surface area is 204 Å². The number of ether oxygens (including phenoxy) is 3. The van der Waals surface area contributed by atoms with Gasteiger partial charge in [0.2, 0.25) is 0 Å². The molecule has 1 fully saturated rings. The van der Waals surface area contributed by atoms with Crippen molar-refractivity contribution in [1.29, 1.82) is 0 Å². The molecule has 0 aromatic heterocycles. The number of rotatable bonds is 11. The maximum atomic E-state index is 10.4. The first-order chi connectivity index (χ1) is 16.3. The van der Waals surface area contributed by atoms with E-state index in [-0.39, 0.29) is 13.2 Å². The first-order valence-corrected chi connectivity index (χ1v) is 11.8. The van der Waals surface area contributed by atoms with Crippen molar-refractivity contribution in [3.05, 3.63) is 64.2 Å². The Kier molecular flexibility index (Phi) is 10.1. The number of benzene rings is 2. The van der Waals surface area contributed by atoms with Crippen molar-refractivity contribution < 1.29 is 39.7 Å². The van der Waals surface area contributed by atoms with E-state index in [4.69, 9.17) is 25.8 Å². The minimum absolute atomic E-state index is 0.135. The van der Waals surface area contributed by atoms with Gasteiger partial charge in [0.15, 0.2) is 0 Å². The van der Waals surface area contributed by atoms with Crippen LogP contribution in [0.5, 0.6) is 5.75 Å². The van der Waals surface area contributed by atoms with Crippen molar-refractivity contribution in [1.82, 2.24) is 0 Å². The maximum absolute atomic E-state index is 10.4. The minimum Gasteiger partial charge on any atom is -0.491 e. The fourth-order valence-electron chi connectivity index (χ4n) is 3.81. The van der Waals surface area contributed by atoms with E-state index in [1.54, 1.807) is 18.2 Å². The molecule has 0 unspecified atom stereocenters. The van der Waals surface area contributed by atoms with Crippen molar-refractivity contribution in [2.45, 2.75) is 56.4 Å². The highest BCUT2D eigenvalue weighted by Gasteiger charge is 2.44. The zero-order chi connectivity index (χ0) is 24.7. The molecule has 5 N–H and O–H groups in total. The monoisotopic (exact) mass is 496 g/mol. The van der Waals surface area contributed by atoms with Crippen LogP contribution in [0, 0.1) is 0 Å². The third-order valence-corrected chi connectivity index (χ3v) is 6.08. The molecule has 0 spiro atoms. The van der Waals surface area contributed by atoms with Gasteiger partial charge < -0.3 is 39.7 Å². The van der Waals surface area contributed by atoms with Gasteiger partial charge in [0.1, 0.15) is 49.0 Å². The Hall–Kier alpha value is -1.75. The average Bonchev–Trinajstić information content (AvgIpc) is 2.84. The summed E-state index contributed by atoms with van der Waals surface area (Å²) in [6.07, 6.45) is -5.42. The van der Waals surface area contributed by atoms with Gasteiger partial charge in [-0.1, -0.05) is 42.8 Å². The summed E-state index contributed by atoms with van der Waals surface area (Å²) in [6.45, 7) is 2.49. The van der Waals surface area contributed by atoms with Crippen molar-refractivity contribution in [3.8, 4) is 5.75 Å². The highest BCUT2D eigenvalue weighted by molar-refractivity contribution is 6.31. The molecule has 0 bridgehead atoms. The standard InChI is InChI=1S/C25H33ClO8/c1-2-9-32-13-18(28)14-33-19-6-3-15(4-7-19)10-17-11-16(5-8-20(17)26)25-24(31)23(30)22(29)21(12-27)34-25/h3-8,11,18,21-25,27-31H,2,9-10,12-14H2,1H3/t18-,21+,22+,23-,24+,25-/m0/s1. The molecule has 9 heteroatoms. The molecule has 1 aliphatic rings. The van der Waals surface area contributed by atoms with Crippen LogP contribution in [0.25, 0.3) is 0 Å². The van der Waals surface area contributed by atoms with Crippen LogP contribution in [0.2, 0.25) is 5.02 Å². The van der Waals surface area contributed by atoms with Crippen LogP contribution in [0.4, 0.5) is 0 Å². The summed E-state index contributed by atoms with van der Waals surface area (Å²) in [5.74, 6) is 0.624. The zero-order valence-corrected chi connectivity index (χ0v) is 19.8. The summed E-state index contributed by atoms with van der Waals surface area (Å²) in [5, 5.41) is 50.4. The Morgan fingerprint density at radius 2 is 1.74 bits per heavy atom. The molecule has 1 saturated heterocycles. The van der Waals surface area contributed by atoms with E-state index in [1.165, 1.54) is 0 Å². The number of hydrogen-bond acceptors (Lipinski definition) is 8. The summed E-state index contributed by atoms with van der Waals surface area (Å²) in [7, 11) is 0. The lowest BCUT2D eigenvalue weighted by Crippen LogP contribution is -2.55. The minimum atomic E-state index is -1.45. The lowest BCUT2D eigenvalue weighted by atomic mass is 9.90. The lowest BCUT2D eigenvalue weighted by molar-refractivity contribution is -0.231. The van der Waals surface area contributed by atoms with Crippen LogP contribution < -0.4 is 4.74 Å². The molecule has 34 heavy (non-hydrogen) atoms. The normalized spacial score (nSPS) is 25.8. The first kappa shape index (κ1) is 26.8. The van der Waals surface area contributed by atoms with Crippen LogP contribution in [-0.4, -0.2) is 82.5 Å². The first-order valence-electron chi connectivity index (χ1n) is 11.4. The zero-order valence-electron chi connectivity index (χ0n) is 19.1. The topological polar surface area (TPSA) is 129 Å². The van der Waals surface area contributed by atoms with E-state index in [0.717, 1.165) is 17.5 Å². The molecule has 1 aliphatic heterocycles. The van der Waals surface area contributed by atoms with Crippen LogP contribution in [0.1, 0.15) is 36.1 Å². The van der Waals surface area contributed by atoms with Gasteiger partial charge in [-0.25, -0.2) is 0 Å². The van der Waals surface area contributed by atoms with Crippen molar-refractivity contribution in [3.63, 3.8) is 0 Å². The molecule has 3 rings (SSSR count). The second-order valence-corrected chi connectivity index (χ2v) is 8.87. The number of hydrogen-bond donors (Lipinski definition) is 5. The van der Waals surface area contributed by atoms with Crippen molar-refractivity contribution in [2.24, 2.45) is 0 Å². The summed E-state index contributed by atoms with van der Waals surface area (Å²) in [5.41, 5.74) is 2.33. The second-order valence-electron chi connectivity index (χ2n) is 8.46. The molecule has 6 atom stereocenters. The van der Waals surface area contributed by atoms with Gasteiger partial charge in [-0.05, 0) is 47.7 Å². The molecule has 188 valence electrons. The van der Waals surface area contributed by atoms with Gasteiger partial charge in [-0.2, -0.15) is 0 Å². The fraction of sp³-hybridized carbons (Fsp3) is 0.520. The predicted octanol–water partition coefficient (Wildman–Crippen LogP) is 1.61. The van der Waals surface area contributed by atoms with Gasteiger partial charge >= 0.3 is 0 Å². The SMILES string of the molecule is CCCOC[C@H](O)COc1ccc(Cc2cc([C@@H]3O[C@H](CO)[C@@H](O)[C@H](O)[C@H]3O)ccc2Cl)cc1. The van der Waals surface area contributed by atoms with E-state index < -0.39 is 43.2 Å². The van der Waals surface area contributed by atoms with Crippen LogP contribution in [0.15, 0.2) is 42.5 Å². The molecular weight excluding hydrogens is 464 g/mol. The Morgan fingerprint density at radius 1 is 1.00 bits per heavy atom. The summed E-state index contributed by atoms with van der Waals surface area (Å²) in [6, 6.07) is 12.6. The molecule has 2 aromatic carbocycles. The molecule has 2 aromatic rings. The van der Waals surface area contributed by atoms with Crippen LogP contribution >= 0.6 is 11.6 Å². The Morgan fingerprint density at radius 3 is 2.41 bits per heavy atom. The van der Waals surface area contributed by atoms with Crippen LogP contribution in [-0.2, 0) is 15.9 Å². The number of aliphatic hydroxyl groups is 5. The van der Waals surface area contributed by atoms with Gasteiger partial charge in [-0.15, -0.1) is 0 Å². The van der Waals surface area contributed by atoms with Gasteiger partial charge in [0.25, 0.3) is 0 Å². The van der Waals surface area contributed by atoms with Gasteiger partial charge in [0.05, 0.1) is 13.2 Å². The molecule has 0 radical (unpaired) electrons. The summed E-state index contributed by atoms with van der Waals surface area (Å²) < 4.78 is 16.6. The molecule has 0 saturated carbocycles. The largest absolute Gasteiger partial charge is 0.491 e. The smallest absolute Gasteiger partial charge is 0.119 e. The predicted molar refractivity (Wildman–Crippen MR) is 126 cm³/mol. The number of aliphatic hydroxyl groups excluding tert-OH is 5. The average molecular weight is 497 g/mol. The molecule has 0 amide bonds. The number of halogens is 1. The Bertz CT molecular complexity index is 891. The molecular formula is C25H33ClO8. The van der Waals surface area contributed by atoms with E-state index in [9.17, 15) is 25.5 Å². The third kappa shape index (κ3) is 6.90. The quantitative estimate of drug-likeness (QED) is 0.297. The second kappa shape index (κ2) is 12.8. The van der Waals surface area contributed by atoms with Gasteiger partial charge in [0, 0.05) is 11.6 Å². The highest BCUT2D eigenvalue weighted by atomic mass is 35.5. The lowest BCUT2D eigenvalue weighted by Gasteiger charge is -2.40. The maximum Gasteiger partial charge on any atom is 0.119 e. The molecule has 8 nitrogen and oxygen atoms in total. The van der Waals surface area contributed by atoms with E-state index in [2.05, 4.69) is 0 Å². The fourth-order valence-corrected chi connectivity index (χ4v) is 4.00. The third-order valence-electron chi connectivity index (χ3n) is 5.71. The molecule has 0 aliphatic carbocycles. The summed E-state index contributed by atoms with van der Waals surface area (Å²) in [4.78, 5) is 0. The van der Waals surface area contributed by atoms with E-state index >= 15 is 0 Å². The summed E-state index contributed by atoms with van der Waals surface area (Å²) >= 11 is 6.40. The van der Waals surface area contributed by atoms with Crippen molar-refractivity contribution in [2.75, 3.05) is 26.4 Å². The van der Waals surface area contributed by atoms with E-state index in [0.29, 0.717) is 29.4 Å². The van der Waals surface area contributed by atoms with Gasteiger partial charge in [-0.3, -0.25) is 0 Å². The van der Waals surface area contributed by atoms with Crippen molar-refractivity contribution >= 4 is 11.6 Å². The Balaban J connectivity index is 1.64. The highest BCUT2D eigenvalue weighted by Crippen LogP contribution is 2.34.